The van der Waals surface area contributed by atoms with Gasteiger partial charge in [-0.2, -0.15) is 0 Å². The Bertz CT molecular complexity index is 1400. The minimum absolute atomic E-state index is 0.0111. The highest BCUT2D eigenvalue weighted by molar-refractivity contribution is 6.04. The lowest BCUT2D eigenvalue weighted by Crippen LogP contribution is -2.56. The normalized spacial score (nSPS) is 22.3. The third-order valence-electron chi connectivity index (χ3n) is 8.63. The summed E-state index contributed by atoms with van der Waals surface area (Å²) in [6.45, 7) is 6.53. The third kappa shape index (κ3) is 4.91. The molecule has 194 valence electrons. The van der Waals surface area contributed by atoms with Gasteiger partial charge in [0.25, 0.3) is 5.91 Å². The fourth-order valence-electron chi connectivity index (χ4n) is 6.35. The fourth-order valence-corrected chi connectivity index (χ4v) is 6.35. The van der Waals surface area contributed by atoms with Crippen LogP contribution in [0, 0.1) is 5.92 Å². The minimum atomic E-state index is -0.171. The van der Waals surface area contributed by atoms with Crippen LogP contribution in [0.2, 0.25) is 0 Å². The second kappa shape index (κ2) is 10.6. The number of fused-ring (bicyclic) bond motifs is 1. The molecule has 1 saturated carbocycles. The SMILES string of the molecule is C[C@H]1CC[C@](c2cccc(NC(=O)c3cc4ccccc4cn3)c2)(N2CCN(c3ccccc3)CC2)CC1. The van der Waals surface area contributed by atoms with Crippen LogP contribution in [0.4, 0.5) is 11.4 Å². The van der Waals surface area contributed by atoms with Crippen molar-refractivity contribution < 1.29 is 4.79 Å². The first-order valence-electron chi connectivity index (χ1n) is 13.9. The summed E-state index contributed by atoms with van der Waals surface area (Å²) in [5.74, 6) is 0.589. The molecule has 0 atom stereocenters. The van der Waals surface area contributed by atoms with Crippen molar-refractivity contribution in [2.24, 2.45) is 5.92 Å². The van der Waals surface area contributed by atoms with E-state index in [4.69, 9.17) is 0 Å². The zero-order chi connectivity index (χ0) is 26.0. The van der Waals surface area contributed by atoms with Gasteiger partial charge in [-0.1, -0.05) is 61.5 Å². The number of rotatable bonds is 5. The molecule has 2 fully saturated rings. The van der Waals surface area contributed by atoms with E-state index in [1.54, 1.807) is 6.20 Å². The average molecular weight is 505 g/mol. The van der Waals surface area contributed by atoms with Crippen molar-refractivity contribution in [3.63, 3.8) is 0 Å². The lowest BCUT2D eigenvalue weighted by atomic mass is 9.71. The van der Waals surface area contributed by atoms with Crippen molar-refractivity contribution in [1.82, 2.24) is 9.88 Å². The monoisotopic (exact) mass is 504 g/mol. The van der Waals surface area contributed by atoms with E-state index in [0.29, 0.717) is 5.69 Å². The second-order valence-electron chi connectivity index (χ2n) is 11.0. The third-order valence-corrected chi connectivity index (χ3v) is 8.63. The molecule has 1 aliphatic heterocycles. The van der Waals surface area contributed by atoms with Crippen LogP contribution in [0.25, 0.3) is 10.8 Å². The van der Waals surface area contributed by atoms with Crippen molar-refractivity contribution in [3.05, 3.63) is 102 Å². The molecule has 4 aromatic rings. The second-order valence-corrected chi connectivity index (χ2v) is 11.0. The Morgan fingerprint density at radius 1 is 0.842 bits per heavy atom. The van der Waals surface area contributed by atoms with Gasteiger partial charge in [0.1, 0.15) is 5.69 Å². The molecule has 1 aromatic heterocycles. The predicted octanol–water partition coefficient (Wildman–Crippen LogP) is 6.71. The Kier molecular flexibility index (Phi) is 6.86. The largest absolute Gasteiger partial charge is 0.369 e. The number of pyridine rings is 1. The molecule has 5 nitrogen and oxygen atoms in total. The van der Waals surface area contributed by atoms with Crippen molar-refractivity contribution in [3.8, 4) is 0 Å². The van der Waals surface area contributed by atoms with E-state index in [1.807, 2.05) is 36.4 Å². The highest BCUT2D eigenvalue weighted by Crippen LogP contribution is 2.45. The van der Waals surface area contributed by atoms with Crippen LogP contribution in [0.3, 0.4) is 0 Å². The predicted molar refractivity (Wildman–Crippen MR) is 156 cm³/mol. The molecule has 0 radical (unpaired) electrons. The van der Waals surface area contributed by atoms with Crippen LogP contribution in [-0.2, 0) is 5.54 Å². The van der Waals surface area contributed by atoms with Crippen LogP contribution in [0.1, 0.15) is 48.7 Å². The Labute approximate surface area is 225 Å². The van der Waals surface area contributed by atoms with E-state index in [0.717, 1.165) is 61.4 Å². The van der Waals surface area contributed by atoms with Gasteiger partial charge in [0.2, 0.25) is 0 Å². The van der Waals surface area contributed by atoms with Crippen molar-refractivity contribution >= 4 is 28.1 Å². The molecular formula is C33H36N4O. The minimum Gasteiger partial charge on any atom is -0.369 e. The lowest BCUT2D eigenvalue weighted by Gasteiger charge is -2.51. The average Bonchev–Trinajstić information content (AvgIpc) is 2.98. The first-order valence-corrected chi connectivity index (χ1v) is 13.9. The highest BCUT2D eigenvalue weighted by Gasteiger charge is 2.42. The van der Waals surface area contributed by atoms with Gasteiger partial charge in [0.05, 0.1) is 0 Å². The summed E-state index contributed by atoms with van der Waals surface area (Å²) in [6, 6.07) is 29.2. The topological polar surface area (TPSA) is 48.5 Å². The molecule has 6 rings (SSSR count). The number of hydrogen-bond donors (Lipinski definition) is 1. The first-order chi connectivity index (χ1) is 18.6. The molecule has 3 aromatic carbocycles. The number of para-hydroxylation sites is 1. The van der Waals surface area contributed by atoms with E-state index < -0.39 is 0 Å². The van der Waals surface area contributed by atoms with Gasteiger partial charge < -0.3 is 10.2 Å². The number of piperazine rings is 1. The maximum atomic E-state index is 13.2. The summed E-state index contributed by atoms with van der Waals surface area (Å²) in [5, 5.41) is 5.19. The van der Waals surface area contributed by atoms with Crippen LogP contribution >= 0.6 is 0 Å². The smallest absolute Gasteiger partial charge is 0.274 e. The number of benzene rings is 3. The lowest BCUT2D eigenvalue weighted by molar-refractivity contribution is 0.0299. The molecule has 1 N–H and O–H groups in total. The zero-order valence-corrected chi connectivity index (χ0v) is 22.1. The number of carbonyl (C=O) groups excluding carboxylic acids is 1. The van der Waals surface area contributed by atoms with Crippen LogP contribution in [0.5, 0.6) is 0 Å². The molecule has 1 aliphatic carbocycles. The molecule has 38 heavy (non-hydrogen) atoms. The summed E-state index contributed by atoms with van der Waals surface area (Å²) in [7, 11) is 0. The van der Waals surface area contributed by atoms with Crippen molar-refractivity contribution in [2.45, 2.75) is 38.1 Å². The molecule has 0 unspecified atom stereocenters. The summed E-state index contributed by atoms with van der Waals surface area (Å²) < 4.78 is 0. The zero-order valence-electron chi connectivity index (χ0n) is 22.1. The van der Waals surface area contributed by atoms with Crippen LogP contribution in [0.15, 0.2) is 91.1 Å². The molecule has 1 saturated heterocycles. The standard InChI is InChI=1S/C33H36N4O/c1-25-14-16-33(17-15-25,37-20-18-36(19-21-37)30-12-3-2-4-13-30)28-10-7-11-29(23-28)35-32(38)31-22-26-8-5-6-9-27(26)24-34-31/h2-13,22-25H,14-21H2,1H3,(H,35,38)/t25-,33-. The van der Waals surface area contributed by atoms with Gasteiger partial charge in [-0.15, -0.1) is 0 Å². The number of amides is 1. The van der Waals surface area contributed by atoms with Crippen LogP contribution in [-0.4, -0.2) is 42.0 Å². The van der Waals surface area contributed by atoms with Gasteiger partial charge in [0.15, 0.2) is 0 Å². The fraction of sp³-hybridized carbons (Fsp3) is 0.333. The van der Waals surface area contributed by atoms with Gasteiger partial charge in [-0.3, -0.25) is 14.7 Å². The van der Waals surface area contributed by atoms with E-state index in [2.05, 4.69) is 75.6 Å². The Hall–Kier alpha value is -3.70. The van der Waals surface area contributed by atoms with Gasteiger partial charge in [-0.25, -0.2) is 0 Å². The maximum absolute atomic E-state index is 13.2. The number of aromatic nitrogens is 1. The summed E-state index contributed by atoms with van der Waals surface area (Å²) in [5.41, 5.74) is 3.92. The maximum Gasteiger partial charge on any atom is 0.274 e. The molecule has 5 heteroatoms. The highest BCUT2D eigenvalue weighted by atomic mass is 16.1. The number of nitrogens with zero attached hydrogens (tertiary/aromatic N) is 3. The van der Waals surface area contributed by atoms with Gasteiger partial charge in [0, 0.05) is 54.7 Å². The molecular weight excluding hydrogens is 468 g/mol. The van der Waals surface area contributed by atoms with Gasteiger partial charge in [-0.05, 0) is 72.9 Å². The molecule has 0 spiro atoms. The van der Waals surface area contributed by atoms with E-state index >= 15 is 0 Å². The van der Waals surface area contributed by atoms with E-state index in [1.165, 1.54) is 24.1 Å². The van der Waals surface area contributed by atoms with Gasteiger partial charge >= 0.3 is 0 Å². The number of anilines is 2. The summed E-state index contributed by atoms with van der Waals surface area (Å²) in [4.78, 5) is 22.8. The van der Waals surface area contributed by atoms with E-state index in [9.17, 15) is 4.79 Å². The number of nitrogens with one attached hydrogen (secondary N) is 1. The van der Waals surface area contributed by atoms with Crippen molar-refractivity contribution in [1.29, 1.82) is 0 Å². The number of hydrogen-bond acceptors (Lipinski definition) is 4. The van der Waals surface area contributed by atoms with E-state index in [-0.39, 0.29) is 11.4 Å². The summed E-state index contributed by atoms with van der Waals surface area (Å²) >= 11 is 0. The number of carbonyl (C=O) groups is 1. The first kappa shape index (κ1) is 24.6. The van der Waals surface area contributed by atoms with Crippen LogP contribution < -0.4 is 10.2 Å². The quantitative estimate of drug-likeness (QED) is 0.328. The Morgan fingerprint density at radius 2 is 1.55 bits per heavy atom. The summed E-state index contributed by atoms with van der Waals surface area (Å²) in [6.07, 6.45) is 6.55. The molecule has 2 heterocycles. The van der Waals surface area contributed by atoms with Crippen molar-refractivity contribution in [2.75, 3.05) is 36.4 Å². The Morgan fingerprint density at radius 3 is 2.32 bits per heavy atom. The Balaban J connectivity index is 1.23. The molecule has 2 aliphatic rings. The molecule has 0 bridgehead atoms. The molecule has 1 amide bonds.